The molecule has 0 atom stereocenters. The second-order valence-electron chi connectivity index (χ2n) is 2.96. The molecule has 0 aromatic carbocycles. The van der Waals surface area contributed by atoms with Gasteiger partial charge in [0, 0.05) is 19.1 Å². The summed E-state index contributed by atoms with van der Waals surface area (Å²) in [5.74, 6) is -1.19. The van der Waals surface area contributed by atoms with Gasteiger partial charge in [0.2, 0.25) is 0 Å². The van der Waals surface area contributed by atoms with E-state index >= 15 is 0 Å². The highest BCUT2D eigenvalue weighted by Crippen LogP contribution is 1.99. The van der Waals surface area contributed by atoms with Crippen LogP contribution in [-0.2, 0) is 19.1 Å². The van der Waals surface area contributed by atoms with Gasteiger partial charge < -0.3 is 14.6 Å². The summed E-state index contributed by atoms with van der Waals surface area (Å²) in [7, 11) is 0. The smallest absolute Gasteiger partial charge is 0.338 e. The first-order valence-electron chi connectivity index (χ1n) is 5.21. The highest BCUT2D eigenvalue weighted by molar-refractivity contribution is 5.88. The number of carboxylic acids is 1. The average molecular weight is 244 g/mol. The van der Waals surface area contributed by atoms with Crippen LogP contribution in [0.3, 0.4) is 0 Å². The molecule has 0 heterocycles. The molecule has 5 heteroatoms. The standard InChI is InChI=1S/C10H16O3.C2H4O2/c1-4-12-8-6-7-9(3)10(11)13-5-2;1-2(3)4/h5,7H,2,4,6,8H2,1,3H3;1H3,(H,3,4). The van der Waals surface area contributed by atoms with E-state index in [-0.39, 0.29) is 5.97 Å². The average Bonchev–Trinajstić information content (AvgIpc) is 2.23. The van der Waals surface area contributed by atoms with Crippen molar-refractivity contribution in [2.24, 2.45) is 0 Å². The van der Waals surface area contributed by atoms with Crippen LogP contribution in [-0.4, -0.2) is 30.3 Å². The monoisotopic (exact) mass is 244 g/mol. The molecule has 0 radical (unpaired) electrons. The van der Waals surface area contributed by atoms with Crippen molar-refractivity contribution in [3.63, 3.8) is 0 Å². The summed E-state index contributed by atoms with van der Waals surface area (Å²) < 4.78 is 9.68. The van der Waals surface area contributed by atoms with Gasteiger partial charge >= 0.3 is 5.97 Å². The molecule has 0 rings (SSSR count). The van der Waals surface area contributed by atoms with Gasteiger partial charge in [-0.25, -0.2) is 4.79 Å². The largest absolute Gasteiger partial charge is 0.481 e. The Hall–Kier alpha value is -1.62. The Labute approximate surface area is 102 Å². The fraction of sp³-hybridized carbons (Fsp3) is 0.500. The quantitative estimate of drug-likeness (QED) is 0.335. The minimum atomic E-state index is -0.833. The predicted octanol–water partition coefficient (Wildman–Crippen LogP) is 2.14. The number of aliphatic carboxylic acids is 1. The molecule has 0 aliphatic carbocycles. The number of rotatable bonds is 6. The van der Waals surface area contributed by atoms with E-state index in [4.69, 9.17) is 14.6 Å². The normalized spacial score (nSPS) is 9.94. The van der Waals surface area contributed by atoms with E-state index in [2.05, 4.69) is 11.3 Å². The first-order valence-corrected chi connectivity index (χ1v) is 5.21. The van der Waals surface area contributed by atoms with Crippen LogP contribution in [0.15, 0.2) is 24.5 Å². The van der Waals surface area contributed by atoms with Crippen LogP contribution in [0.2, 0.25) is 0 Å². The fourth-order valence-electron chi connectivity index (χ4n) is 0.755. The topological polar surface area (TPSA) is 72.8 Å². The predicted molar refractivity (Wildman–Crippen MR) is 64.5 cm³/mol. The summed E-state index contributed by atoms with van der Waals surface area (Å²) in [6.45, 7) is 9.35. The highest BCUT2D eigenvalue weighted by Gasteiger charge is 2.01. The number of hydrogen-bond acceptors (Lipinski definition) is 4. The van der Waals surface area contributed by atoms with Gasteiger partial charge in [-0.2, -0.15) is 0 Å². The molecule has 0 amide bonds. The minimum Gasteiger partial charge on any atom is -0.481 e. The Balaban J connectivity index is 0. The SMILES string of the molecule is C=COC(=O)C(C)=CCCOCC.CC(=O)O. The fourth-order valence-corrected chi connectivity index (χ4v) is 0.755. The van der Waals surface area contributed by atoms with Crippen molar-refractivity contribution >= 4 is 11.9 Å². The molecular formula is C12H20O5. The summed E-state index contributed by atoms with van der Waals surface area (Å²) in [6, 6.07) is 0. The molecule has 5 nitrogen and oxygen atoms in total. The molecule has 0 spiro atoms. The minimum absolute atomic E-state index is 0.355. The van der Waals surface area contributed by atoms with Crippen molar-refractivity contribution in [3.05, 3.63) is 24.5 Å². The molecule has 0 unspecified atom stereocenters. The zero-order valence-corrected chi connectivity index (χ0v) is 10.6. The summed E-state index contributed by atoms with van der Waals surface area (Å²) >= 11 is 0. The van der Waals surface area contributed by atoms with E-state index in [1.165, 1.54) is 0 Å². The summed E-state index contributed by atoms with van der Waals surface area (Å²) in [6.07, 6.45) is 3.65. The van der Waals surface area contributed by atoms with E-state index in [0.717, 1.165) is 19.6 Å². The third kappa shape index (κ3) is 17.0. The van der Waals surface area contributed by atoms with Crippen LogP contribution in [0.5, 0.6) is 0 Å². The lowest BCUT2D eigenvalue weighted by molar-refractivity contribution is -0.135. The molecule has 0 fully saturated rings. The maximum absolute atomic E-state index is 11.0. The van der Waals surface area contributed by atoms with Gasteiger partial charge in [0.05, 0.1) is 12.9 Å². The second-order valence-corrected chi connectivity index (χ2v) is 2.96. The van der Waals surface area contributed by atoms with E-state index < -0.39 is 5.97 Å². The first kappa shape index (κ1) is 17.8. The summed E-state index contributed by atoms with van der Waals surface area (Å²) in [5, 5.41) is 7.42. The van der Waals surface area contributed by atoms with Crippen LogP contribution in [0.25, 0.3) is 0 Å². The van der Waals surface area contributed by atoms with Gasteiger partial charge in [-0.05, 0) is 20.3 Å². The first-order chi connectivity index (χ1) is 7.95. The zero-order valence-electron chi connectivity index (χ0n) is 10.6. The molecule has 0 aromatic rings. The number of carboxylic acid groups (broad SMARTS) is 1. The highest BCUT2D eigenvalue weighted by atomic mass is 16.5. The van der Waals surface area contributed by atoms with Crippen molar-refractivity contribution in [2.45, 2.75) is 27.2 Å². The van der Waals surface area contributed by atoms with Crippen LogP contribution in [0, 0.1) is 0 Å². The van der Waals surface area contributed by atoms with Gasteiger partial charge in [-0.3, -0.25) is 4.79 Å². The lowest BCUT2D eigenvalue weighted by Gasteiger charge is -1.99. The van der Waals surface area contributed by atoms with Crippen molar-refractivity contribution in [1.29, 1.82) is 0 Å². The van der Waals surface area contributed by atoms with Gasteiger partial charge in [-0.1, -0.05) is 12.7 Å². The summed E-state index contributed by atoms with van der Waals surface area (Å²) in [5.41, 5.74) is 0.583. The number of hydrogen-bond donors (Lipinski definition) is 1. The summed E-state index contributed by atoms with van der Waals surface area (Å²) in [4.78, 5) is 20.0. The maximum atomic E-state index is 11.0. The Morgan fingerprint density at radius 2 is 1.88 bits per heavy atom. The van der Waals surface area contributed by atoms with Gasteiger partial charge in [0.1, 0.15) is 0 Å². The molecule has 98 valence electrons. The van der Waals surface area contributed by atoms with Crippen LogP contribution >= 0.6 is 0 Å². The molecule has 0 bridgehead atoms. The van der Waals surface area contributed by atoms with Gasteiger partial charge in [0.15, 0.2) is 0 Å². The molecule has 0 saturated heterocycles. The van der Waals surface area contributed by atoms with E-state index in [0.29, 0.717) is 18.8 Å². The molecule has 1 N–H and O–H groups in total. The van der Waals surface area contributed by atoms with Crippen molar-refractivity contribution in [2.75, 3.05) is 13.2 Å². The Bertz CT molecular complexity index is 264. The molecule has 0 saturated carbocycles. The Morgan fingerprint density at radius 1 is 1.35 bits per heavy atom. The van der Waals surface area contributed by atoms with E-state index in [9.17, 15) is 4.79 Å². The van der Waals surface area contributed by atoms with Gasteiger partial charge in [0.25, 0.3) is 5.97 Å². The van der Waals surface area contributed by atoms with Crippen LogP contribution in [0.1, 0.15) is 27.2 Å². The van der Waals surface area contributed by atoms with Crippen LogP contribution < -0.4 is 0 Å². The molecule has 0 aromatic heterocycles. The van der Waals surface area contributed by atoms with Crippen molar-refractivity contribution < 1.29 is 24.2 Å². The zero-order chi connectivity index (χ0) is 13.7. The lowest BCUT2D eigenvalue weighted by Crippen LogP contribution is -2.01. The van der Waals surface area contributed by atoms with Gasteiger partial charge in [-0.15, -0.1) is 0 Å². The third-order valence-corrected chi connectivity index (χ3v) is 1.43. The number of ether oxygens (including phenoxy) is 2. The molecule has 0 aliphatic rings. The van der Waals surface area contributed by atoms with E-state index in [1.54, 1.807) is 13.0 Å². The molecular weight excluding hydrogens is 224 g/mol. The van der Waals surface area contributed by atoms with E-state index in [1.807, 2.05) is 6.92 Å². The number of carbonyl (C=O) groups is 2. The molecule has 0 aliphatic heterocycles. The van der Waals surface area contributed by atoms with Crippen molar-refractivity contribution in [1.82, 2.24) is 0 Å². The Morgan fingerprint density at radius 3 is 2.29 bits per heavy atom. The second kappa shape index (κ2) is 12.4. The van der Waals surface area contributed by atoms with Crippen LogP contribution in [0.4, 0.5) is 0 Å². The number of carbonyl (C=O) groups excluding carboxylic acids is 1. The number of esters is 1. The third-order valence-electron chi connectivity index (χ3n) is 1.43. The Kier molecular flexibility index (Phi) is 13.0. The molecule has 17 heavy (non-hydrogen) atoms. The lowest BCUT2D eigenvalue weighted by atomic mass is 10.2. The van der Waals surface area contributed by atoms with Crippen molar-refractivity contribution in [3.8, 4) is 0 Å². The maximum Gasteiger partial charge on any atom is 0.338 e.